The third-order valence-corrected chi connectivity index (χ3v) is 2.19. The Morgan fingerprint density at radius 1 is 1.50 bits per heavy atom. The van der Waals surface area contributed by atoms with Gasteiger partial charge in [-0.05, 0) is 32.9 Å². The molecule has 2 N–H and O–H groups in total. The summed E-state index contributed by atoms with van der Waals surface area (Å²) in [5, 5.41) is 11.9. The fourth-order valence-corrected chi connectivity index (χ4v) is 1.39. The summed E-state index contributed by atoms with van der Waals surface area (Å²) in [7, 11) is 1.93. The van der Waals surface area contributed by atoms with Gasteiger partial charge in [-0.15, -0.1) is 0 Å². The Labute approximate surface area is 87.8 Å². The van der Waals surface area contributed by atoms with Crippen LogP contribution in [0.5, 0.6) is 0 Å². The third kappa shape index (κ3) is 6.13. The normalized spacial score (nSPS) is 11.3. The molecule has 0 aromatic carbocycles. The number of aliphatic hydroxyl groups excluding tert-OH is 1. The molecule has 0 aromatic rings. The number of nitrogens with zero attached hydrogens (tertiary/aromatic N) is 1. The predicted octanol–water partition coefficient (Wildman–Crippen LogP) is 0.855. The maximum Gasteiger partial charge on any atom is 0.0443 e. The van der Waals surface area contributed by atoms with Gasteiger partial charge in [0.15, 0.2) is 0 Å². The number of rotatable bonds is 8. The van der Waals surface area contributed by atoms with Crippen molar-refractivity contribution in [3.05, 3.63) is 12.2 Å². The van der Waals surface area contributed by atoms with Gasteiger partial charge in [0.1, 0.15) is 0 Å². The summed E-state index contributed by atoms with van der Waals surface area (Å²) in [6, 6.07) is 0.509. The summed E-state index contributed by atoms with van der Waals surface area (Å²) in [6.45, 7) is 11.3. The standard InChI is InChI=1S/C11H24N2O/c1-10(2)13(6-5-7-14)9-11(3)8-12-4/h10,12,14H,3,5-9H2,1-2,4H3. The molecule has 0 aliphatic rings. The molecule has 0 fully saturated rings. The van der Waals surface area contributed by atoms with Crippen LogP contribution < -0.4 is 5.32 Å². The lowest BCUT2D eigenvalue weighted by Gasteiger charge is -2.27. The largest absolute Gasteiger partial charge is 0.396 e. The molecular formula is C11H24N2O. The summed E-state index contributed by atoms with van der Waals surface area (Å²) < 4.78 is 0. The average molecular weight is 200 g/mol. The van der Waals surface area contributed by atoms with E-state index in [-0.39, 0.29) is 6.61 Å². The van der Waals surface area contributed by atoms with Gasteiger partial charge in [-0.1, -0.05) is 6.58 Å². The van der Waals surface area contributed by atoms with Crippen molar-refractivity contribution in [3.8, 4) is 0 Å². The molecule has 0 aromatic heterocycles. The average Bonchev–Trinajstić information content (AvgIpc) is 2.12. The third-order valence-electron chi connectivity index (χ3n) is 2.19. The van der Waals surface area contributed by atoms with Gasteiger partial charge in [-0.2, -0.15) is 0 Å². The molecule has 0 radical (unpaired) electrons. The lowest BCUT2D eigenvalue weighted by atomic mass is 10.2. The van der Waals surface area contributed by atoms with Gasteiger partial charge in [0.2, 0.25) is 0 Å². The van der Waals surface area contributed by atoms with E-state index in [2.05, 4.69) is 30.6 Å². The van der Waals surface area contributed by atoms with Crippen molar-refractivity contribution in [2.24, 2.45) is 0 Å². The van der Waals surface area contributed by atoms with Crippen LogP contribution in [0, 0.1) is 0 Å². The fraction of sp³-hybridized carbons (Fsp3) is 0.818. The Kier molecular flexibility index (Phi) is 7.76. The second-order valence-corrected chi connectivity index (χ2v) is 3.92. The van der Waals surface area contributed by atoms with Crippen molar-refractivity contribution in [1.29, 1.82) is 0 Å². The molecule has 0 spiro atoms. The second kappa shape index (κ2) is 7.97. The Morgan fingerprint density at radius 2 is 2.14 bits per heavy atom. The molecule has 0 bridgehead atoms. The number of aliphatic hydroxyl groups is 1. The lowest BCUT2D eigenvalue weighted by Crippen LogP contribution is -2.35. The van der Waals surface area contributed by atoms with E-state index < -0.39 is 0 Å². The zero-order valence-corrected chi connectivity index (χ0v) is 9.71. The molecule has 84 valence electrons. The van der Waals surface area contributed by atoms with Crippen molar-refractivity contribution in [2.75, 3.05) is 33.3 Å². The number of hydrogen-bond donors (Lipinski definition) is 2. The summed E-state index contributed by atoms with van der Waals surface area (Å²) in [5.74, 6) is 0. The SMILES string of the molecule is C=C(CNC)CN(CCCO)C(C)C. The molecule has 14 heavy (non-hydrogen) atoms. The van der Waals surface area contributed by atoms with Crippen molar-refractivity contribution in [2.45, 2.75) is 26.3 Å². The van der Waals surface area contributed by atoms with E-state index in [1.54, 1.807) is 0 Å². The Morgan fingerprint density at radius 3 is 2.57 bits per heavy atom. The molecule has 3 nitrogen and oxygen atoms in total. The van der Waals surface area contributed by atoms with Gasteiger partial charge in [0, 0.05) is 32.3 Å². The molecule has 0 aliphatic carbocycles. The van der Waals surface area contributed by atoms with Crippen LogP contribution >= 0.6 is 0 Å². The highest BCUT2D eigenvalue weighted by molar-refractivity contribution is 4.99. The maximum atomic E-state index is 8.77. The summed E-state index contributed by atoms with van der Waals surface area (Å²) in [6.07, 6.45) is 0.838. The van der Waals surface area contributed by atoms with E-state index in [1.807, 2.05) is 7.05 Å². The van der Waals surface area contributed by atoms with E-state index in [9.17, 15) is 0 Å². The predicted molar refractivity (Wildman–Crippen MR) is 61.5 cm³/mol. The zero-order chi connectivity index (χ0) is 11.0. The first-order valence-electron chi connectivity index (χ1n) is 5.28. The van der Waals surface area contributed by atoms with Crippen molar-refractivity contribution in [1.82, 2.24) is 10.2 Å². The van der Waals surface area contributed by atoms with Crippen LogP contribution in [0.4, 0.5) is 0 Å². The highest BCUT2D eigenvalue weighted by Gasteiger charge is 2.09. The number of nitrogens with one attached hydrogen (secondary N) is 1. The summed E-state index contributed by atoms with van der Waals surface area (Å²) >= 11 is 0. The minimum Gasteiger partial charge on any atom is -0.396 e. The first kappa shape index (κ1) is 13.6. The first-order chi connectivity index (χ1) is 6.61. The molecular weight excluding hydrogens is 176 g/mol. The Bertz CT molecular complexity index is 157. The van der Waals surface area contributed by atoms with Crippen molar-refractivity contribution >= 4 is 0 Å². The van der Waals surface area contributed by atoms with Gasteiger partial charge in [-0.25, -0.2) is 0 Å². The van der Waals surface area contributed by atoms with Crippen LogP contribution in [0.1, 0.15) is 20.3 Å². The number of likely N-dealkylation sites (N-methyl/N-ethyl adjacent to an activating group) is 1. The lowest BCUT2D eigenvalue weighted by molar-refractivity contribution is 0.203. The smallest absolute Gasteiger partial charge is 0.0443 e. The second-order valence-electron chi connectivity index (χ2n) is 3.92. The Balaban J connectivity index is 3.89. The number of hydrogen-bond acceptors (Lipinski definition) is 3. The van der Waals surface area contributed by atoms with Crippen LogP contribution in [0.2, 0.25) is 0 Å². The van der Waals surface area contributed by atoms with Gasteiger partial charge in [-0.3, -0.25) is 4.90 Å². The summed E-state index contributed by atoms with van der Waals surface area (Å²) in [5.41, 5.74) is 1.19. The van der Waals surface area contributed by atoms with Gasteiger partial charge >= 0.3 is 0 Å². The fourth-order valence-electron chi connectivity index (χ4n) is 1.39. The van der Waals surface area contributed by atoms with Gasteiger partial charge < -0.3 is 10.4 Å². The van der Waals surface area contributed by atoms with E-state index >= 15 is 0 Å². The van der Waals surface area contributed by atoms with E-state index in [4.69, 9.17) is 5.11 Å². The molecule has 0 rings (SSSR count). The molecule has 0 saturated heterocycles. The van der Waals surface area contributed by atoms with Crippen LogP contribution in [0.25, 0.3) is 0 Å². The van der Waals surface area contributed by atoms with Gasteiger partial charge in [0.25, 0.3) is 0 Å². The van der Waals surface area contributed by atoms with Crippen molar-refractivity contribution < 1.29 is 5.11 Å². The molecule has 0 heterocycles. The highest BCUT2D eigenvalue weighted by Crippen LogP contribution is 2.03. The maximum absolute atomic E-state index is 8.77. The van der Waals surface area contributed by atoms with E-state index in [0.717, 1.165) is 26.1 Å². The minimum absolute atomic E-state index is 0.266. The topological polar surface area (TPSA) is 35.5 Å². The Hall–Kier alpha value is -0.380. The quantitative estimate of drug-likeness (QED) is 0.570. The molecule has 0 atom stereocenters. The molecule has 0 amide bonds. The van der Waals surface area contributed by atoms with E-state index in [0.29, 0.717) is 6.04 Å². The monoisotopic (exact) mass is 200 g/mol. The van der Waals surface area contributed by atoms with E-state index in [1.165, 1.54) is 5.57 Å². The zero-order valence-electron chi connectivity index (χ0n) is 9.71. The molecule has 3 heteroatoms. The minimum atomic E-state index is 0.266. The molecule has 0 aliphatic heterocycles. The van der Waals surface area contributed by atoms with Crippen LogP contribution in [0.3, 0.4) is 0 Å². The van der Waals surface area contributed by atoms with Crippen LogP contribution in [-0.4, -0.2) is 49.3 Å². The van der Waals surface area contributed by atoms with Crippen LogP contribution in [-0.2, 0) is 0 Å². The first-order valence-corrected chi connectivity index (χ1v) is 5.28. The summed E-state index contributed by atoms with van der Waals surface area (Å²) in [4.78, 5) is 2.33. The van der Waals surface area contributed by atoms with Gasteiger partial charge in [0.05, 0.1) is 0 Å². The highest BCUT2D eigenvalue weighted by atomic mass is 16.3. The van der Waals surface area contributed by atoms with Crippen molar-refractivity contribution in [3.63, 3.8) is 0 Å². The van der Waals surface area contributed by atoms with Crippen LogP contribution in [0.15, 0.2) is 12.2 Å². The molecule has 0 saturated carbocycles. The molecule has 0 unspecified atom stereocenters.